The summed E-state index contributed by atoms with van der Waals surface area (Å²) in [7, 11) is 0. The van der Waals surface area contributed by atoms with E-state index in [1.807, 2.05) is 0 Å². The van der Waals surface area contributed by atoms with Crippen LogP contribution in [0.5, 0.6) is 0 Å². The molecule has 1 aliphatic rings. The van der Waals surface area contributed by atoms with Crippen LogP contribution in [-0.4, -0.2) is 0 Å². The fourth-order valence-electron chi connectivity index (χ4n) is 7.55. The minimum Gasteiger partial charge on any atom is -0.310 e. The van der Waals surface area contributed by atoms with Crippen LogP contribution >= 0.6 is 0 Å². The van der Waals surface area contributed by atoms with Crippen molar-refractivity contribution >= 4 is 38.6 Å². The summed E-state index contributed by atoms with van der Waals surface area (Å²) in [6, 6.07) is 55.5. The highest BCUT2D eigenvalue weighted by Crippen LogP contribution is 2.55. The molecule has 8 rings (SSSR count). The highest BCUT2D eigenvalue weighted by atomic mass is 15.1. The molecule has 0 fully saturated rings. The zero-order valence-corrected chi connectivity index (χ0v) is 26.4. The van der Waals surface area contributed by atoms with E-state index in [-0.39, 0.29) is 10.8 Å². The van der Waals surface area contributed by atoms with Gasteiger partial charge in [-0.2, -0.15) is 0 Å². The van der Waals surface area contributed by atoms with Crippen LogP contribution in [0.2, 0.25) is 0 Å². The molecular weight excluding hydrogens is 542 g/mol. The van der Waals surface area contributed by atoms with Gasteiger partial charge in [0.2, 0.25) is 0 Å². The molecule has 0 saturated heterocycles. The van der Waals surface area contributed by atoms with E-state index in [2.05, 4.69) is 184 Å². The van der Waals surface area contributed by atoms with Crippen molar-refractivity contribution in [2.45, 2.75) is 38.5 Å². The summed E-state index contributed by atoms with van der Waals surface area (Å²) in [6.45, 7) is 9.65. The van der Waals surface area contributed by atoms with Gasteiger partial charge in [-0.3, -0.25) is 0 Å². The lowest BCUT2D eigenvalue weighted by Gasteiger charge is -2.47. The van der Waals surface area contributed by atoms with Crippen molar-refractivity contribution in [1.29, 1.82) is 0 Å². The van der Waals surface area contributed by atoms with E-state index in [4.69, 9.17) is 0 Å². The predicted octanol–water partition coefficient (Wildman–Crippen LogP) is 12.4. The van der Waals surface area contributed by atoms with Crippen LogP contribution in [0.25, 0.3) is 43.8 Å². The number of rotatable bonds is 5. The van der Waals surface area contributed by atoms with Gasteiger partial charge in [-0.15, -0.1) is 0 Å². The Morgan fingerprint density at radius 3 is 1.76 bits per heavy atom. The average molecular weight is 580 g/mol. The Morgan fingerprint density at radius 2 is 1.00 bits per heavy atom. The lowest BCUT2D eigenvalue weighted by atomic mass is 9.56. The van der Waals surface area contributed by atoms with Crippen molar-refractivity contribution in [2.24, 2.45) is 0 Å². The molecule has 45 heavy (non-hydrogen) atoms. The fourth-order valence-corrected chi connectivity index (χ4v) is 7.55. The van der Waals surface area contributed by atoms with Gasteiger partial charge in [0.15, 0.2) is 0 Å². The van der Waals surface area contributed by atoms with Crippen molar-refractivity contribution in [3.63, 3.8) is 0 Å². The Bertz CT molecular complexity index is 2210. The molecule has 218 valence electrons. The molecule has 7 aromatic carbocycles. The number of para-hydroxylation sites is 2. The summed E-state index contributed by atoms with van der Waals surface area (Å²) < 4.78 is 0. The van der Waals surface area contributed by atoms with E-state index in [9.17, 15) is 0 Å². The van der Waals surface area contributed by atoms with E-state index >= 15 is 0 Å². The van der Waals surface area contributed by atoms with Crippen LogP contribution < -0.4 is 4.90 Å². The van der Waals surface area contributed by atoms with Crippen LogP contribution in [0, 0.1) is 0 Å². The molecule has 0 unspecified atom stereocenters. The average Bonchev–Trinajstić information content (AvgIpc) is 3.08. The summed E-state index contributed by atoms with van der Waals surface area (Å²) >= 11 is 0. The SMILES string of the molecule is CC1(C)c2cccc3cc(-c4cccc(N(c5ccccc5)c5ccccc5-c5ccccc5)c4)c4cccc(c4c23)C1(C)C. The molecule has 1 heteroatoms. The van der Waals surface area contributed by atoms with E-state index in [0.717, 1.165) is 17.1 Å². The van der Waals surface area contributed by atoms with Crippen LogP contribution in [0.1, 0.15) is 38.8 Å². The van der Waals surface area contributed by atoms with Crippen molar-refractivity contribution in [1.82, 2.24) is 0 Å². The summed E-state index contributed by atoms with van der Waals surface area (Å²) in [6.07, 6.45) is 0. The molecule has 0 atom stereocenters. The van der Waals surface area contributed by atoms with Crippen molar-refractivity contribution in [3.8, 4) is 22.3 Å². The van der Waals surface area contributed by atoms with Gasteiger partial charge in [-0.05, 0) is 96.6 Å². The first kappa shape index (κ1) is 27.4. The van der Waals surface area contributed by atoms with E-state index in [1.54, 1.807) is 0 Å². The molecule has 0 aromatic heterocycles. The lowest BCUT2D eigenvalue weighted by molar-refractivity contribution is 0.304. The second-order valence-corrected chi connectivity index (χ2v) is 13.4. The third kappa shape index (κ3) is 4.15. The normalized spacial score (nSPS) is 14.6. The molecule has 1 nitrogen and oxygen atoms in total. The van der Waals surface area contributed by atoms with E-state index in [1.165, 1.54) is 54.9 Å². The van der Waals surface area contributed by atoms with Crippen LogP contribution in [0.15, 0.2) is 152 Å². The Balaban J connectivity index is 1.38. The summed E-state index contributed by atoms with van der Waals surface area (Å²) in [4.78, 5) is 2.40. The van der Waals surface area contributed by atoms with E-state index < -0.39 is 0 Å². The third-order valence-corrected chi connectivity index (χ3v) is 10.6. The molecule has 0 N–H and O–H groups in total. The summed E-state index contributed by atoms with van der Waals surface area (Å²) in [5.74, 6) is 0. The summed E-state index contributed by atoms with van der Waals surface area (Å²) in [5.41, 5.74) is 11.2. The maximum Gasteiger partial charge on any atom is 0.0540 e. The number of nitrogens with zero attached hydrogens (tertiary/aromatic N) is 1. The molecule has 0 bridgehead atoms. The minimum absolute atomic E-state index is 0.0115. The highest BCUT2D eigenvalue weighted by molar-refractivity contribution is 6.18. The molecule has 7 aromatic rings. The quantitative estimate of drug-likeness (QED) is 0.183. The van der Waals surface area contributed by atoms with Crippen molar-refractivity contribution in [2.75, 3.05) is 4.90 Å². The first-order chi connectivity index (χ1) is 21.9. The number of anilines is 3. The van der Waals surface area contributed by atoms with Gasteiger partial charge in [0, 0.05) is 16.9 Å². The smallest absolute Gasteiger partial charge is 0.0540 e. The Morgan fingerprint density at radius 1 is 0.422 bits per heavy atom. The third-order valence-electron chi connectivity index (χ3n) is 10.6. The predicted molar refractivity (Wildman–Crippen MR) is 193 cm³/mol. The highest BCUT2D eigenvalue weighted by Gasteiger charge is 2.44. The number of benzene rings is 7. The molecule has 0 spiro atoms. The Kier molecular flexibility index (Phi) is 6.22. The van der Waals surface area contributed by atoms with Gasteiger partial charge in [0.05, 0.1) is 5.69 Å². The van der Waals surface area contributed by atoms with Crippen LogP contribution in [0.4, 0.5) is 17.1 Å². The Labute approximate surface area is 266 Å². The molecule has 0 radical (unpaired) electrons. The first-order valence-corrected chi connectivity index (χ1v) is 16.0. The number of hydrogen-bond acceptors (Lipinski definition) is 1. The zero-order valence-electron chi connectivity index (χ0n) is 26.4. The van der Waals surface area contributed by atoms with Gasteiger partial charge < -0.3 is 4.90 Å². The zero-order chi connectivity index (χ0) is 30.8. The van der Waals surface area contributed by atoms with Crippen molar-refractivity contribution in [3.05, 3.63) is 163 Å². The number of hydrogen-bond donors (Lipinski definition) is 0. The minimum atomic E-state index is -0.0144. The largest absolute Gasteiger partial charge is 0.310 e. The molecule has 0 amide bonds. The van der Waals surface area contributed by atoms with Gasteiger partial charge >= 0.3 is 0 Å². The summed E-state index contributed by atoms with van der Waals surface area (Å²) in [5, 5.41) is 5.45. The van der Waals surface area contributed by atoms with Gasteiger partial charge in [0.1, 0.15) is 0 Å². The molecule has 0 heterocycles. The van der Waals surface area contributed by atoms with Gasteiger partial charge in [-0.25, -0.2) is 0 Å². The van der Waals surface area contributed by atoms with Crippen LogP contribution in [-0.2, 0) is 10.8 Å². The lowest BCUT2D eigenvalue weighted by Crippen LogP contribution is -2.42. The maximum absolute atomic E-state index is 2.42. The molecular formula is C44H37N. The second-order valence-electron chi connectivity index (χ2n) is 13.4. The topological polar surface area (TPSA) is 3.24 Å². The monoisotopic (exact) mass is 579 g/mol. The maximum atomic E-state index is 2.42. The van der Waals surface area contributed by atoms with Gasteiger partial charge in [0.25, 0.3) is 0 Å². The Hall–Kier alpha value is -5.14. The molecule has 0 aliphatic heterocycles. The fraction of sp³-hybridized carbons (Fsp3) is 0.136. The molecule has 1 aliphatic carbocycles. The van der Waals surface area contributed by atoms with Crippen molar-refractivity contribution < 1.29 is 0 Å². The first-order valence-electron chi connectivity index (χ1n) is 16.0. The van der Waals surface area contributed by atoms with Crippen LogP contribution in [0.3, 0.4) is 0 Å². The second kappa shape index (κ2) is 10.2. The van der Waals surface area contributed by atoms with E-state index in [0.29, 0.717) is 0 Å². The van der Waals surface area contributed by atoms with Gasteiger partial charge in [-0.1, -0.05) is 143 Å². The molecule has 0 saturated carbocycles. The standard InChI is InChI=1S/C44H37N/c1-43(2)38-25-14-19-32-29-37(36-24-15-26-39(44(43,3)4)42(36)41(32)38)31-18-13-22-34(28-31)45(33-20-9-6-10-21-33)40-27-12-11-23-35(40)30-16-7-5-8-17-30/h5-29H,1-4H3.